The Hall–Kier alpha value is -1.60. The van der Waals surface area contributed by atoms with Crippen LogP contribution in [0.2, 0.25) is 0 Å². The van der Waals surface area contributed by atoms with Gasteiger partial charge in [0.05, 0.1) is 11.4 Å². The average Bonchev–Trinajstić information content (AvgIpc) is 2.44. The van der Waals surface area contributed by atoms with Crippen molar-refractivity contribution in [3.63, 3.8) is 0 Å². The number of hydrogen-bond acceptors (Lipinski definition) is 4. The number of thioether (sulfide) groups is 1. The standard InChI is InChI=1S/C15H16BrN3O2S/c1-9(2)12-7-13(20)19-15(18-12)22-8-14(21)17-11-5-3-4-10(16)6-11/h3-7,9H,8H2,1-2H3,(H,17,21)(H,18,19,20). The number of aromatic nitrogens is 2. The molecule has 0 radical (unpaired) electrons. The van der Waals surface area contributed by atoms with Crippen LogP contribution in [0.3, 0.4) is 0 Å². The number of benzene rings is 1. The second-order valence-corrected chi connectivity index (χ2v) is 6.86. The van der Waals surface area contributed by atoms with Crippen LogP contribution >= 0.6 is 27.7 Å². The van der Waals surface area contributed by atoms with Crippen molar-refractivity contribution < 1.29 is 4.79 Å². The van der Waals surface area contributed by atoms with Crippen molar-refractivity contribution in [2.75, 3.05) is 11.1 Å². The molecule has 1 amide bonds. The van der Waals surface area contributed by atoms with Gasteiger partial charge in [-0.25, -0.2) is 4.98 Å². The Labute approximate surface area is 141 Å². The van der Waals surface area contributed by atoms with Gasteiger partial charge in [-0.05, 0) is 24.1 Å². The quantitative estimate of drug-likeness (QED) is 0.614. The molecule has 0 saturated carbocycles. The first-order valence-corrected chi connectivity index (χ1v) is 8.51. The summed E-state index contributed by atoms with van der Waals surface area (Å²) in [5, 5.41) is 3.25. The number of nitrogens with zero attached hydrogens (tertiary/aromatic N) is 1. The van der Waals surface area contributed by atoms with E-state index < -0.39 is 0 Å². The summed E-state index contributed by atoms with van der Waals surface area (Å²) in [5.74, 6) is 0.189. The van der Waals surface area contributed by atoms with Gasteiger partial charge in [-0.15, -0.1) is 0 Å². The number of halogens is 1. The molecule has 0 saturated heterocycles. The van der Waals surface area contributed by atoms with Gasteiger partial charge in [-0.2, -0.15) is 0 Å². The highest BCUT2D eigenvalue weighted by Crippen LogP contribution is 2.18. The number of nitrogens with one attached hydrogen (secondary N) is 2. The molecule has 5 nitrogen and oxygen atoms in total. The number of carbonyl (C=O) groups excluding carboxylic acids is 1. The number of rotatable bonds is 5. The van der Waals surface area contributed by atoms with Gasteiger partial charge in [0.1, 0.15) is 0 Å². The molecule has 2 N–H and O–H groups in total. The molecule has 1 heterocycles. The molecular formula is C15H16BrN3O2S. The average molecular weight is 382 g/mol. The lowest BCUT2D eigenvalue weighted by Crippen LogP contribution is -2.16. The Balaban J connectivity index is 1.98. The summed E-state index contributed by atoms with van der Waals surface area (Å²) in [6.07, 6.45) is 0. The minimum absolute atomic E-state index is 0.152. The molecule has 1 aromatic carbocycles. The van der Waals surface area contributed by atoms with Crippen molar-refractivity contribution in [3.05, 3.63) is 50.9 Å². The molecule has 0 unspecified atom stereocenters. The van der Waals surface area contributed by atoms with Crippen LogP contribution in [0.5, 0.6) is 0 Å². The van der Waals surface area contributed by atoms with E-state index in [1.165, 1.54) is 17.8 Å². The number of anilines is 1. The van der Waals surface area contributed by atoms with E-state index in [1.807, 2.05) is 38.1 Å². The smallest absolute Gasteiger partial charge is 0.251 e. The van der Waals surface area contributed by atoms with Crippen molar-refractivity contribution in [3.8, 4) is 0 Å². The molecule has 0 spiro atoms. The summed E-state index contributed by atoms with van der Waals surface area (Å²) in [6.45, 7) is 3.94. The van der Waals surface area contributed by atoms with Gasteiger partial charge in [-0.1, -0.05) is 47.6 Å². The van der Waals surface area contributed by atoms with Gasteiger partial charge in [-0.3, -0.25) is 9.59 Å². The SMILES string of the molecule is CC(C)c1cc(=O)[nH]c(SCC(=O)Nc2cccc(Br)c2)n1. The number of H-pyrrole nitrogens is 1. The lowest BCUT2D eigenvalue weighted by molar-refractivity contribution is -0.113. The molecule has 22 heavy (non-hydrogen) atoms. The first-order chi connectivity index (χ1) is 10.4. The third-order valence-electron chi connectivity index (χ3n) is 2.78. The Morgan fingerprint density at radius 1 is 1.41 bits per heavy atom. The summed E-state index contributed by atoms with van der Waals surface area (Å²) < 4.78 is 0.897. The van der Waals surface area contributed by atoms with Gasteiger partial charge in [0, 0.05) is 16.2 Å². The molecule has 0 atom stereocenters. The predicted molar refractivity (Wildman–Crippen MR) is 92.4 cm³/mol. The van der Waals surface area contributed by atoms with Crippen molar-refractivity contribution in [2.45, 2.75) is 24.9 Å². The maximum atomic E-state index is 11.9. The highest BCUT2D eigenvalue weighted by Gasteiger charge is 2.08. The predicted octanol–water partition coefficient (Wildman–Crippen LogP) is 3.39. The maximum Gasteiger partial charge on any atom is 0.251 e. The van der Waals surface area contributed by atoms with E-state index in [0.29, 0.717) is 5.16 Å². The third-order valence-corrected chi connectivity index (χ3v) is 4.15. The molecule has 2 rings (SSSR count). The number of carbonyl (C=O) groups is 1. The molecule has 0 fully saturated rings. The number of aromatic amines is 1. The molecule has 2 aromatic rings. The second kappa shape index (κ2) is 7.60. The third kappa shape index (κ3) is 4.99. The molecule has 7 heteroatoms. The Bertz CT molecular complexity index is 731. The largest absolute Gasteiger partial charge is 0.325 e. The summed E-state index contributed by atoms with van der Waals surface area (Å²) in [5.41, 5.74) is 1.24. The van der Waals surface area contributed by atoms with Crippen molar-refractivity contribution in [2.24, 2.45) is 0 Å². The molecule has 116 valence electrons. The Kier molecular flexibility index (Phi) is 5.79. The van der Waals surface area contributed by atoms with E-state index in [9.17, 15) is 9.59 Å². The van der Waals surface area contributed by atoms with Crippen LogP contribution < -0.4 is 10.9 Å². The lowest BCUT2D eigenvalue weighted by atomic mass is 10.1. The van der Waals surface area contributed by atoms with E-state index in [-0.39, 0.29) is 23.1 Å². The van der Waals surface area contributed by atoms with E-state index in [1.54, 1.807) is 0 Å². The van der Waals surface area contributed by atoms with Crippen LogP contribution in [0.15, 0.2) is 44.8 Å². The summed E-state index contributed by atoms with van der Waals surface area (Å²) in [7, 11) is 0. The minimum Gasteiger partial charge on any atom is -0.325 e. The number of amides is 1. The molecule has 0 aliphatic heterocycles. The van der Waals surface area contributed by atoms with Gasteiger partial charge in [0.2, 0.25) is 5.91 Å². The highest BCUT2D eigenvalue weighted by molar-refractivity contribution is 9.10. The van der Waals surface area contributed by atoms with Crippen molar-refractivity contribution in [1.29, 1.82) is 0 Å². The zero-order chi connectivity index (χ0) is 16.1. The topological polar surface area (TPSA) is 74.8 Å². The molecular weight excluding hydrogens is 366 g/mol. The summed E-state index contributed by atoms with van der Waals surface area (Å²) in [4.78, 5) is 30.5. The van der Waals surface area contributed by atoms with Crippen LogP contribution in [-0.4, -0.2) is 21.6 Å². The van der Waals surface area contributed by atoms with Crippen LogP contribution in [0.4, 0.5) is 5.69 Å². The van der Waals surface area contributed by atoms with E-state index >= 15 is 0 Å². The Morgan fingerprint density at radius 3 is 2.86 bits per heavy atom. The van der Waals surface area contributed by atoms with Gasteiger partial charge in [0.15, 0.2) is 5.16 Å². The van der Waals surface area contributed by atoms with Gasteiger partial charge in [0.25, 0.3) is 5.56 Å². The van der Waals surface area contributed by atoms with Gasteiger partial charge >= 0.3 is 0 Å². The second-order valence-electron chi connectivity index (χ2n) is 4.98. The van der Waals surface area contributed by atoms with E-state index in [2.05, 4.69) is 31.2 Å². The normalized spacial score (nSPS) is 10.7. The lowest BCUT2D eigenvalue weighted by Gasteiger charge is -2.07. The summed E-state index contributed by atoms with van der Waals surface area (Å²) >= 11 is 4.56. The number of hydrogen-bond donors (Lipinski definition) is 2. The fraction of sp³-hybridized carbons (Fsp3) is 0.267. The van der Waals surface area contributed by atoms with E-state index in [0.717, 1.165) is 15.9 Å². The van der Waals surface area contributed by atoms with E-state index in [4.69, 9.17) is 0 Å². The summed E-state index contributed by atoms with van der Waals surface area (Å²) in [6, 6.07) is 8.85. The first kappa shape index (κ1) is 16.8. The zero-order valence-corrected chi connectivity index (χ0v) is 14.6. The fourth-order valence-electron chi connectivity index (χ4n) is 1.71. The fourth-order valence-corrected chi connectivity index (χ4v) is 2.80. The van der Waals surface area contributed by atoms with Crippen LogP contribution in [0, 0.1) is 0 Å². The molecule has 0 aliphatic rings. The molecule has 1 aromatic heterocycles. The molecule has 0 bridgehead atoms. The van der Waals surface area contributed by atoms with Crippen molar-refractivity contribution >= 4 is 39.3 Å². The van der Waals surface area contributed by atoms with Crippen LogP contribution in [0.25, 0.3) is 0 Å². The zero-order valence-electron chi connectivity index (χ0n) is 12.2. The monoisotopic (exact) mass is 381 g/mol. The van der Waals surface area contributed by atoms with Gasteiger partial charge < -0.3 is 10.3 Å². The van der Waals surface area contributed by atoms with Crippen LogP contribution in [0.1, 0.15) is 25.5 Å². The highest BCUT2D eigenvalue weighted by atomic mass is 79.9. The maximum absolute atomic E-state index is 11.9. The Morgan fingerprint density at radius 2 is 2.18 bits per heavy atom. The first-order valence-electron chi connectivity index (χ1n) is 6.73. The van der Waals surface area contributed by atoms with Crippen LogP contribution in [-0.2, 0) is 4.79 Å². The van der Waals surface area contributed by atoms with Crippen molar-refractivity contribution in [1.82, 2.24) is 9.97 Å². The molecule has 0 aliphatic carbocycles. The minimum atomic E-state index is -0.200.